The van der Waals surface area contributed by atoms with Gasteiger partial charge in [-0.3, -0.25) is 4.57 Å². The molecule has 0 atom stereocenters. The summed E-state index contributed by atoms with van der Waals surface area (Å²) in [6.45, 7) is 0.494. The van der Waals surface area contributed by atoms with E-state index in [9.17, 15) is 4.57 Å². The lowest BCUT2D eigenvalue weighted by Crippen LogP contribution is -2.04. The maximum atomic E-state index is 12.2. The fraction of sp³-hybridized carbons (Fsp3) is 0.235. The van der Waals surface area contributed by atoms with Crippen molar-refractivity contribution in [1.82, 2.24) is 20.2 Å². The van der Waals surface area contributed by atoms with Crippen LogP contribution in [0.1, 0.15) is 11.1 Å². The average molecular weight is 437 g/mol. The third kappa shape index (κ3) is 4.65. The standard InChI is InChI=1S/C17H18BrN4O3P/c1-24-26(23,25-2)12-14-8-6-13(7-9-14)11-22-20-17(19-21-22)15-4-3-5-16(18)10-15/h3-10H,11-12H2,1-2H3. The van der Waals surface area contributed by atoms with Crippen LogP contribution < -0.4 is 0 Å². The van der Waals surface area contributed by atoms with E-state index in [-0.39, 0.29) is 6.16 Å². The first kappa shape index (κ1) is 18.9. The first-order valence-corrected chi connectivity index (χ1v) is 10.4. The summed E-state index contributed by atoms with van der Waals surface area (Å²) in [6, 6.07) is 15.4. The Labute approximate surface area is 160 Å². The van der Waals surface area contributed by atoms with Crippen LogP contribution >= 0.6 is 23.5 Å². The Kier molecular flexibility index (Phi) is 5.98. The predicted molar refractivity (Wildman–Crippen MR) is 102 cm³/mol. The van der Waals surface area contributed by atoms with Crippen molar-refractivity contribution in [3.63, 3.8) is 0 Å². The van der Waals surface area contributed by atoms with Crippen molar-refractivity contribution in [1.29, 1.82) is 0 Å². The number of hydrogen-bond acceptors (Lipinski definition) is 6. The van der Waals surface area contributed by atoms with E-state index in [4.69, 9.17) is 9.05 Å². The number of halogens is 1. The van der Waals surface area contributed by atoms with Crippen LogP contribution in [0.2, 0.25) is 0 Å². The van der Waals surface area contributed by atoms with E-state index in [1.54, 1.807) is 4.80 Å². The van der Waals surface area contributed by atoms with Crippen LogP contribution in [0.3, 0.4) is 0 Å². The highest BCUT2D eigenvalue weighted by molar-refractivity contribution is 9.10. The lowest BCUT2D eigenvalue weighted by Gasteiger charge is -2.13. The molecule has 0 fully saturated rings. The highest BCUT2D eigenvalue weighted by atomic mass is 79.9. The Morgan fingerprint density at radius 2 is 1.77 bits per heavy atom. The Morgan fingerprint density at radius 1 is 1.08 bits per heavy atom. The maximum Gasteiger partial charge on any atom is 0.334 e. The molecule has 1 heterocycles. The van der Waals surface area contributed by atoms with Gasteiger partial charge in [0.15, 0.2) is 0 Å². The van der Waals surface area contributed by atoms with Gasteiger partial charge in [-0.1, -0.05) is 52.3 Å². The molecule has 136 valence electrons. The molecule has 0 aliphatic heterocycles. The number of nitrogens with zero attached hydrogens (tertiary/aromatic N) is 4. The predicted octanol–water partition coefficient (Wildman–Crippen LogP) is 4.14. The fourth-order valence-electron chi connectivity index (χ4n) is 2.39. The van der Waals surface area contributed by atoms with Crippen molar-refractivity contribution < 1.29 is 13.6 Å². The Hall–Kier alpha value is -1.86. The molecule has 7 nitrogen and oxygen atoms in total. The zero-order valence-electron chi connectivity index (χ0n) is 14.4. The van der Waals surface area contributed by atoms with Gasteiger partial charge in [-0.2, -0.15) is 4.80 Å². The topological polar surface area (TPSA) is 79.1 Å². The van der Waals surface area contributed by atoms with E-state index in [0.29, 0.717) is 12.4 Å². The maximum absolute atomic E-state index is 12.2. The number of hydrogen-bond donors (Lipinski definition) is 0. The third-order valence-corrected chi connectivity index (χ3v) is 6.17. The van der Waals surface area contributed by atoms with Gasteiger partial charge in [0.2, 0.25) is 5.82 Å². The van der Waals surface area contributed by atoms with Gasteiger partial charge in [-0.25, -0.2) is 0 Å². The number of aromatic nitrogens is 4. The van der Waals surface area contributed by atoms with Gasteiger partial charge < -0.3 is 9.05 Å². The van der Waals surface area contributed by atoms with E-state index >= 15 is 0 Å². The molecule has 0 amide bonds. The molecular weight excluding hydrogens is 419 g/mol. The van der Waals surface area contributed by atoms with E-state index in [2.05, 4.69) is 31.3 Å². The van der Waals surface area contributed by atoms with Crippen molar-refractivity contribution >= 4 is 23.5 Å². The molecule has 2 aromatic carbocycles. The zero-order chi connectivity index (χ0) is 18.6. The van der Waals surface area contributed by atoms with E-state index in [1.165, 1.54) is 14.2 Å². The summed E-state index contributed by atoms with van der Waals surface area (Å²) in [4.78, 5) is 1.54. The van der Waals surface area contributed by atoms with Gasteiger partial charge in [-0.05, 0) is 28.5 Å². The summed E-state index contributed by atoms with van der Waals surface area (Å²) in [5.74, 6) is 0.573. The van der Waals surface area contributed by atoms with E-state index in [0.717, 1.165) is 21.2 Å². The van der Waals surface area contributed by atoms with Crippen molar-refractivity contribution in [2.24, 2.45) is 0 Å². The molecule has 0 aliphatic rings. The van der Waals surface area contributed by atoms with Gasteiger partial charge in [0.25, 0.3) is 0 Å². The summed E-state index contributed by atoms with van der Waals surface area (Å²) in [6.07, 6.45) is 0.231. The van der Waals surface area contributed by atoms with Crippen LogP contribution in [0.25, 0.3) is 11.4 Å². The third-order valence-electron chi connectivity index (χ3n) is 3.82. The monoisotopic (exact) mass is 436 g/mol. The highest BCUT2D eigenvalue weighted by Gasteiger charge is 2.21. The second-order valence-electron chi connectivity index (χ2n) is 5.60. The molecule has 0 radical (unpaired) electrons. The molecule has 1 aromatic heterocycles. The van der Waals surface area contributed by atoms with E-state index in [1.807, 2.05) is 48.5 Å². The summed E-state index contributed by atoms with van der Waals surface area (Å²) >= 11 is 3.44. The quantitative estimate of drug-likeness (QED) is 0.517. The molecule has 0 N–H and O–H groups in total. The number of benzene rings is 2. The summed E-state index contributed by atoms with van der Waals surface area (Å²) in [5.41, 5.74) is 2.79. The normalized spacial score (nSPS) is 11.7. The molecule has 0 bridgehead atoms. The SMILES string of the molecule is COP(=O)(Cc1ccc(Cn2nnc(-c3cccc(Br)c3)n2)cc1)OC. The van der Waals surface area contributed by atoms with Crippen molar-refractivity contribution in [3.8, 4) is 11.4 Å². The molecule has 26 heavy (non-hydrogen) atoms. The van der Waals surface area contributed by atoms with Crippen LogP contribution in [-0.2, 0) is 26.3 Å². The van der Waals surface area contributed by atoms with Crippen LogP contribution in [0, 0.1) is 0 Å². The Bertz CT molecular complexity index is 922. The van der Waals surface area contributed by atoms with Gasteiger partial charge in [-0.15, -0.1) is 10.2 Å². The van der Waals surface area contributed by atoms with Crippen LogP contribution in [0.15, 0.2) is 53.0 Å². The largest absolute Gasteiger partial charge is 0.334 e. The molecule has 0 saturated carbocycles. The number of tetrazole rings is 1. The Morgan fingerprint density at radius 3 is 2.42 bits per heavy atom. The highest BCUT2D eigenvalue weighted by Crippen LogP contribution is 2.49. The average Bonchev–Trinajstić information content (AvgIpc) is 3.12. The molecule has 3 aromatic rings. The smallest absolute Gasteiger partial charge is 0.312 e. The molecule has 0 unspecified atom stereocenters. The van der Waals surface area contributed by atoms with Crippen molar-refractivity contribution in [2.45, 2.75) is 12.7 Å². The molecule has 0 aliphatic carbocycles. The molecule has 9 heteroatoms. The first-order chi connectivity index (χ1) is 12.5. The minimum absolute atomic E-state index is 0.231. The lowest BCUT2D eigenvalue weighted by atomic mass is 10.1. The zero-order valence-corrected chi connectivity index (χ0v) is 16.9. The van der Waals surface area contributed by atoms with Crippen LogP contribution in [-0.4, -0.2) is 34.4 Å². The second kappa shape index (κ2) is 8.22. The molecular formula is C17H18BrN4O3P. The molecule has 3 rings (SSSR count). The molecule has 0 saturated heterocycles. The lowest BCUT2D eigenvalue weighted by molar-refractivity contribution is 0.275. The number of rotatable bonds is 7. The van der Waals surface area contributed by atoms with Gasteiger partial charge >= 0.3 is 7.60 Å². The molecule has 0 spiro atoms. The van der Waals surface area contributed by atoms with Gasteiger partial charge in [0, 0.05) is 24.3 Å². The summed E-state index contributed by atoms with van der Waals surface area (Å²) in [7, 11) is -0.290. The van der Waals surface area contributed by atoms with Gasteiger partial charge in [0.05, 0.1) is 12.7 Å². The fourth-order valence-corrected chi connectivity index (χ4v) is 3.86. The van der Waals surface area contributed by atoms with E-state index < -0.39 is 7.60 Å². The second-order valence-corrected chi connectivity index (χ2v) is 8.79. The van der Waals surface area contributed by atoms with Crippen LogP contribution in [0.4, 0.5) is 0 Å². The Balaban J connectivity index is 1.69. The van der Waals surface area contributed by atoms with Crippen molar-refractivity contribution in [2.75, 3.05) is 14.2 Å². The van der Waals surface area contributed by atoms with Gasteiger partial charge in [0.1, 0.15) is 0 Å². The van der Waals surface area contributed by atoms with Crippen molar-refractivity contribution in [3.05, 3.63) is 64.1 Å². The van der Waals surface area contributed by atoms with Crippen LogP contribution in [0.5, 0.6) is 0 Å². The summed E-state index contributed by atoms with van der Waals surface area (Å²) < 4.78 is 23.1. The minimum atomic E-state index is -3.06. The summed E-state index contributed by atoms with van der Waals surface area (Å²) in [5, 5.41) is 12.6. The first-order valence-electron chi connectivity index (χ1n) is 7.83. The minimum Gasteiger partial charge on any atom is -0.312 e.